The fourth-order valence-corrected chi connectivity index (χ4v) is 2.53. The highest BCUT2D eigenvalue weighted by atomic mass is 79.9. The maximum atomic E-state index is 14.3. The zero-order valence-corrected chi connectivity index (χ0v) is 13.2. The van der Waals surface area contributed by atoms with Gasteiger partial charge in [0.2, 0.25) is 0 Å². The first-order chi connectivity index (χ1) is 8.04. The van der Waals surface area contributed by atoms with E-state index in [2.05, 4.69) is 21.2 Å². The van der Waals surface area contributed by atoms with Crippen molar-refractivity contribution in [3.8, 4) is 0 Å². The van der Waals surface area contributed by atoms with Crippen molar-refractivity contribution in [1.29, 1.82) is 0 Å². The molecule has 0 spiro atoms. The molecular weight excluding hydrogens is 324 g/mol. The average molecular weight is 341 g/mol. The summed E-state index contributed by atoms with van der Waals surface area (Å²) in [5, 5.41) is 2.95. The van der Waals surface area contributed by atoms with E-state index in [0.29, 0.717) is 4.47 Å². The summed E-state index contributed by atoms with van der Waals surface area (Å²) in [5.74, 6) is -3.02. The molecule has 1 nitrogen and oxygen atoms in total. The molecule has 0 aromatic heterocycles. The SMILES string of the molecule is CC(NC(C)(C)C)C(F)(F)c1ccc(Br)cc1Cl. The molecule has 0 aliphatic heterocycles. The Morgan fingerprint density at radius 2 is 1.83 bits per heavy atom. The maximum Gasteiger partial charge on any atom is 0.289 e. The molecule has 0 bridgehead atoms. The number of hydrogen-bond donors (Lipinski definition) is 1. The van der Waals surface area contributed by atoms with E-state index < -0.39 is 12.0 Å². The molecule has 0 saturated heterocycles. The van der Waals surface area contributed by atoms with Gasteiger partial charge < -0.3 is 5.32 Å². The molecular formula is C13H17BrClF2N. The summed E-state index contributed by atoms with van der Waals surface area (Å²) < 4.78 is 29.3. The Balaban J connectivity index is 3.05. The second-order valence-corrected chi connectivity index (χ2v) is 6.69. The number of alkyl halides is 2. The van der Waals surface area contributed by atoms with Crippen LogP contribution in [0.2, 0.25) is 5.02 Å². The predicted octanol–water partition coefficient (Wildman–Crippen LogP) is 4.97. The van der Waals surface area contributed by atoms with Crippen LogP contribution < -0.4 is 5.32 Å². The molecule has 0 saturated carbocycles. The first-order valence-electron chi connectivity index (χ1n) is 5.65. The third kappa shape index (κ3) is 3.90. The van der Waals surface area contributed by atoms with Gasteiger partial charge in [-0.2, -0.15) is 8.78 Å². The number of hydrogen-bond acceptors (Lipinski definition) is 1. The van der Waals surface area contributed by atoms with Crippen LogP contribution in [0.3, 0.4) is 0 Å². The Labute approximate surface area is 120 Å². The molecule has 0 fully saturated rings. The van der Waals surface area contributed by atoms with Crippen molar-refractivity contribution < 1.29 is 8.78 Å². The lowest BCUT2D eigenvalue weighted by atomic mass is 9.99. The summed E-state index contributed by atoms with van der Waals surface area (Å²) >= 11 is 9.10. The monoisotopic (exact) mass is 339 g/mol. The molecule has 0 aliphatic rings. The Bertz CT molecular complexity index is 429. The summed E-state index contributed by atoms with van der Waals surface area (Å²) in [6.45, 7) is 7.01. The van der Waals surface area contributed by atoms with Crippen LogP contribution in [0.4, 0.5) is 8.78 Å². The molecule has 5 heteroatoms. The summed E-state index contributed by atoms with van der Waals surface area (Å²) in [6, 6.07) is 3.40. The van der Waals surface area contributed by atoms with Gasteiger partial charge in [-0.3, -0.25) is 0 Å². The zero-order valence-electron chi connectivity index (χ0n) is 10.8. The highest BCUT2D eigenvalue weighted by Crippen LogP contribution is 2.38. The Morgan fingerprint density at radius 3 is 2.28 bits per heavy atom. The van der Waals surface area contributed by atoms with Crippen LogP contribution in [0.5, 0.6) is 0 Å². The summed E-state index contributed by atoms with van der Waals surface area (Å²) in [7, 11) is 0. The van der Waals surface area contributed by atoms with Crippen LogP contribution in [0.25, 0.3) is 0 Å². The Morgan fingerprint density at radius 1 is 1.28 bits per heavy atom. The van der Waals surface area contributed by atoms with Crippen molar-refractivity contribution in [2.45, 2.75) is 45.2 Å². The van der Waals surface area contributed by atoms with Gasteiger partial charge in [-0.15, -0.1) is 0 Å². The van der Waals surface area contributed by atoms with Crippen molar-refractivity contribution in [1.82, 2.24) is 5.32 Å². The van der Waals surface area contributed by atoms with E-state index in [1.807, 2.05) is 20.8 Å². The lowest BCUT2D eigenvalue weighted by Crippen LogP contribution is -2.49. The van der Waals surface area contributed by atoms with Gasteiger partial charge in [0.25, 0.3) is 5.92 Å². The van der Waals surface area contributed by atoms with E-state index in [1.54, 1.807) is 6.07 Å². The van der Waals surface area contributed by atoms with Crippen molar-refractivity contribution in [2.24, 2.45) is 0 Å². The van der Waals surface area contributed by atoms with Gasteiger partial charge in [-0.25, -0.2) is 0 Å². The number of nitrogens with one attached hydrogen (secondary N) is 1. The third-order valence-corrected chi connectivity index (χ3v) is 3.29. The minimum Gasteiger partial charge on any atom is -0.304 e. The molecule has 1 aromatic rings. The van der Waals surface area contributed by atoms with Crippen molar-refractivity contribution in [2.75, 3.05) is 0 Å². The van der Waals surface area contributed by atoms with E-state index in [-0.39, 0.29) is 16.1 Å². The fraction of sp³-hybridized carbons (Fsp3) is 0.538. The van der Waals surface area contributed by atoms with Crippen molar-refractivity contribution >= 4 is 27.5 Å². The van der Waals surface area contributed by atoms with Crippen LogP contribution in [-0.2, 0) is 5.92 Å². The second-order valence-electron chi connectivity index (χ2n) is 5.36. The van der Waals surface area contributed by atoms with E-state index in [1.165, 1.54) is 19.1 Å². The van der Waals surface area contributed by atoms with Gasteiger partial charge >= 0.3 is 0 Å². The molecule has 1 aromatic carbocycles. The Hall–Kier alpha value is -0.190. The lowest BCUT2D eigenvalue weighted by Gasteiger charge is -2.32. The Kier molecular flexibility index (Phi) is 4.79. The molecule has 1 atom stereocenters. The number of rotatable bonds is 3. The summed E-state index contributed by atoms with van der Waals surface area (Å²) in [6.07, 6.45) is 0. The first kappa shape index (κ1) is 15.9. The minimum absolute atomic E-state index is 0.0666. The third-order valence-electron chi connectivity index (χ3n) is 2.48. The zero-order chi connectivity index (χ0) is 14.1. The molecule has 0 amide bonds. The van der Waals surface area contributed by atoms with Gasteiger partial charge in [-0.1, -0.05) is 33.6 Å². The molecule has 1 N–H and O–H groups in total. The van der Waals surface area contributed by atoms with Gasteiger partial charge in [0.05, 0.1) is 11.1 Å². The normalized spacial score (nSPS) is 14.7. The van der Waals surface area contributed by atoms with Crippen LogP contribution in [-0.4, -0.2) is 11.6 Å². The van der Waals surface area contributed by atoms with Gasteiger partial charge in [-0.05, 0) is 39.8 Å². The van der Waals surface area contributed by atoms with Gasteiger partial charge in [0, 0.05) is 15.6 Å². The van der Waals surface area contributed by atoms with Crippen molar-refractivity contribution in [3.63, 3.8) is 0 Å². The van der Waals surface area contributed by atoms with Gasteiger partial charge in [0.1, 0.15) is 0 Å². The van der Waals surface area contributed by atoms with Crippen LogP contribution in [0.15, 0.2) is 22.7 Å². The minimum atomic E-state index is -3.02. The topological polar surface area (TPSA) is 12.0 Å². The highest BCUT2D eigenvalue weighted by Gasteiger charge is 2.41. The van der Waals surface area contributed by atoms with Gasteiger partial charge in [0.15, 0.2) is 0 Å². The number of halogens is 4. The maximum absolute atomic E-state index is 14.3. The fourth-order valence-electron chi connectivity index (χ4n) is 1.73. The molecule has 18 heavy (non-hydrogen) atoms. The van der Waals surface area contributed by atoms with E-state index in [9.17, 15) is 8.78 Å². The first-order valence-corrected chi connectivity index (χ1v) is 6.82. The molecule has 0 heterocycles. The van der Waals surface area contributed by atoms with E-state index in [0.717, 1.165) is 0 Å². The van der Waals surface area contributed by atoms with E-state index in [4.69, 9.17) is 11.6 Å². The predicted molar refractivity (Wildman–Crippen MR) is 75.4 cm³/mol. The molecule has 0 aliphatic carbocycles. The molecule has 1 unspecified atom stereocenters. The van der Waals surface area contributed by atoms with Crippen molar-refractivity contribution in [3.05, 3.63) is 33.3 Å². The largest absolute Gasteiger partial charge is 0.304 e. The summed E-state index contributed by atoms with van der Waals surface area (Å²) in [4.78, 5) is 0. The standard InChI is InChI=1S/C13H17BrClF2N/c1-8(18-12(2,3)4)13(16,17)10-6-5-9(14)7-11(10)15/h5-8,18H,1-4H3. The summed E-state index contributed by atoms with van der Waals surface area (Å²) in [5.41, 5.74) is -0.540. The van der Waals surface area contributed by atoms with Crippen LogP contribution in [0, 0.1) is 0 Å². The number of benzene rings is 1. The molecule has 102 valence electrons. The van der Waals surface area contributed by atoms with Crippen LogP contribution in [0.1, 0.15) is 33.3 Å². The highest BCUT2D eigenvalue weighted by molar-refractivity contribution is 9.10. The lowest BCUT2D eigenvalue weighted by molar-refractivity contribution is -0.0444. The second kappa shape index (κ2) is 5.43. The molecule has 1 rings (SSSR count). The quantitative estimate of drug-likeness (QED) is 0.819. The average Bonchev–Trinajstić information content (AvgIpc) is 2.13. The van der Waals surface area contributed by atoms with Crippen LogP contribution >= 0.6 is 27.5 Å². The molecule has 0 radical (unpaired) electrons. The smallest absolute Gasteiger partial charge is 0.289 e. The van der Waals surface area contributed by atoms with E-state index >= 15 is 0 Å².